The maximum absolute atomic E-state index is 6.28. The predicted molar refractivity (Wildman–Crippen MR) is 75.9 cm³/mol. The maximum atomic E-state index is 6.28. The van der Waals surface area contributed by atoms with Crippen molar-refractivity contribution in [2.45, 2.75) is 38.6 Å². The highest BCUT2D eigenvalue weighted by atomic mass is 16.5. The van der Waals surface area contributed by atoms with Crippen molar-refractivity contribution in [3.63, 3.8) is 0 Å². The molecule has 0 amide bonds. The molecule has 3 nitrogen and oxygen atoms in total. The molecule has 98 valence electrons. The van der Waals surface area contributed by atoms with Crippen LogP contribution in [0.5, 0.6) is 5.75 Å². The normalized spacial score (nSPS) is 12.8. The molecule has 1 aromatic carbocycles. The molecule has 3 N–H and O–H groups in total. The van der Waals surface area contributed by atoms with E-state index >= 15 is 0 Å². The molecule has 18 heavy (non-hydrogen) atoms. The highest BCUT2D eigenvalue weighted by Crippen LogP contribution is 2.28. The van der Waals surface area contributed by atoms with Crippen LogP contribution in [0.2, 0.25) is 0 Å². The van der Waals surface area contributed by atoms with Crippen LogP contribution in [0.25, 0.3) is 10.9 Å². The minimum Gasteiger partial charge on any atom is -0.497 e. The first-order chi connectivity index (χ1) is 8.76. The van der Waals surface area contributed by atoms with Gasteiger partial charge in [-0.1, -0.05) is 26.2 Å². The molecule has 0 fully saturated rings. The molecule has 2 aromatic rings. The lowest BCUT2D eigenvalue weighted by atomic mass is 10.0. The van der Waals surface area contributed by atoms with Gasteiger partial charge in [0.15, 0.2) is 0 Å². The van der Waals surface area contributed by atoms with E-state index in [-0.39, 0.29) is 6.04 Å². The van der Waals surface area contributed by atoms with Crippen molar-refractivity contribution in [2.24, 2.45) is 5.73 Å². The number of unbranched alkanes of at least 4 members (excludes halogenated alkanes) is 2. The number of benzene rings is 1. The monoisotopic (exact) mass is 246 g/mol. The first-order valence-corrected chi connectivity index (χ1v) is 6.67. The van der Waals surface area contributed by atoms with E-state index in [2.05, 4.69) is 18.0 Å². The van der Waals surface area contributed by atoms with Gasteiger partial charge in [-0.3, -0.25) is 0 Å². The number of ether oxygens (including phenoxy) is 1. The molecule has 0 saturated heterocycles. The molecule has 0 aliphatic heterocycles. The summed E-state index contributed by atoms with van der Waals surface area (Å²) in [7, 11) is 1.69. The fraction of sp³-hybridized carbons (Fsp3) is 0.467. The van der Waals surface area contributed by atoms with Crippen LogP contribution in [0.1, 0.15) is 44.2 Å². The van der Waals surface area contributed by atoms with Crippen molar-refractivity contribution >= 4 is 10.9 Å². The third kappa shape index (κ3) is 2.67. The fourth-order valence-electron chi connectivity index (χ4n) is 2.32. The van der Waals surface area contributed by atoms with Crippen LogP contribution in [-0.2, 0) is 0 Å². The van der Waals surface area contributed by atoms with Crippen LogP contribution in [0.3, 0.4) is 0 Å². The first-order valence-electron chi connectivity index (χ1n) is 6.67. The summed E-state index contributed by atoms with van der Waals surface area (Å²) in [5, 5.41) is 1.18. The van der Waals surface area contributed by atoms with Gasteiger partial charge in [-0.05, 0) is 30.2 Å². The quantitative estimate of drug-likeness (QED) is 0.762. The Hall–Kier alpha value is -1.48. The molecule has 0 saturated carbocycles. The molecular weight excluding hydrogens is 224 g/mol. The number of aromatic amines is 1. The van der Waals surface area contributed by atoms with Gasteiger partial charge in [0, 0.05) is 23.1 Å². The van der Waals surface area contributed by atoms with Crippen molar-refractivity contribution in [1.82, 2.24) is 4.98 Å². The zero-order valence-electron chi connectivity index (χ0n) is 11.2. The van der Waals surface area contributed by atoms with Gasteiger partial charge in [-0.2, -0.15) is 0 Å². The second kappa shape index (κ2) is 5.91. The molecule has 1 aromatic heterocycles. The van der Waals surface area contributed by atoms with Crippen molar-refractivity contribution in [3.05, 3.63) is 30.0 Å². The summed E-state index contributed by atoms with van der Waals surface area (Å²) in [4.78, 5) is 3.28. The van der Waals surface area contributed by atoms with E-state index in [1.165, 1.54) is 30.2 Å². The number of hydrogen-bond acceptors (Lipinski definition) is 2. The second-order valence-corrected chi connectivity index (χ2v) is 4.76. The lowest BCUT2D eigenvalue weighted by Crippen LogP contribution is -2.09. The lowest BCUT2D eigenvalue weighted by molar-refractivity contribution is 0.415. The molecule has 0 unspecified atom stereocenters. The van der Waals surface area contributed by atoms with E-state index in [4.69, 9.17) is 10.5 Å². The molecule has 0 radical (unpaired) electrons. The molecule has 3 heteroatoms. The summed E-state index contributed by atoms with van der Waals surface area (Å²) in [6.45, 7) is 2.21. The lowest BCUT2D eigenvalue weighted by Gasteiger charge is -2.10. The number of aromatic nitrogens is 1. The van der Waals surface area contributed by atoms with Crippen LogP contribution in [0.4, 0.5) is 0 Å². The fourth-order valence-corrected chi connectivity index (χ4v) is 2.32. The summed E-state index contributed by atoms with van der Waals surface area (Å²) in [6.07, 6.45) is 6.74. The van der Waals surface area contributed by atoms with Gasteiger partial charge in [0.05, 0.1) is 7.11 Å². The number of H-pyrrole nitrogens is 1. The number of hydrogen-bond donors (Lipinski definition) is 2. The van der Waals surface area contributed by atoms with Gasteiger partial charge in [0.2, 0.25) is 0 Å². The average Bonchev–Trinajstić information content (AvgIpc) is 2.81. The molecule has 1 heterocycles. The molecule has 0 aliphatic carbocycles. The Kier molecular flexibility index (Phi) is 4.26. The van der Waals surface area contributed by atoms with E-state index in [0.29, 0.717) is 0 Å². The summed E-state index contributed by atoms with van der Waals surface area (Å²) >= 11 is 0. The smallest absolute Gasteiger partial charge is 0.119 e. The Balaban J connectivity index is 2.21. The van der Waals surface area contributed by atoms with Gasteiger partial charge in [0.25, 0.3) is 0 Å². The van der Waals surface area contributed by atoms with Crippen LogP contribution < -0.4 is 10.5 Å². The Morgan fingerprint density at radius 2 is 2.17 bits per heavy atom. The highest BCUT2D eigenvalue weighted by molar-refractivity contribution is 5.85. The minimum atomic E-state index is 0.109. The Morgan fingerprint density at radius 3 is 2.89 bits per heavy atom. The predicted octanol–water partition coefficient (Wildman–Crippen LogP) is 3.76. The molecule has 0 spiro atoms. The Morgan fingerprint density at radius 1 is 1.33 bits per heavy atom. The Bertz CT molecular complexity index is 504. The maximum Gasteiger partial charge on any atom is 0.119 e. The molecule has 0 aliphatic rings. The van der Waals surface area contributed by atoms with Crippen LogP contribution in [0.15, 0.2) is 24.4 Å². The van der Waals surface area contributed by atoms with Gasteiger partial charge < -0.3 is 15.5 Å². The number of fused-ring (bicyclic) bond motifs is 1. The van der Waals surface area contributed by atoms with Crippen molar-refractivity contribution < 1.29 is 4.74 Å². The third-order valence-corrected chi connectivity index (χ3v) is 3.44. The van der Waals surface area contributed by atoms with E-state index in [0.717, 1.165) is 17.7 Å². The zero-order valence-corrected chi connectivity index (χ0v) is 11.2. The number of nitrogens with one attached hydrogen (secondary N) is 1. The SMILES string of the molecule is CCCCC[C@H](N)c1c[nH]c2ccc(OC)cc12. The van der Waals surface area contributed by atoms with Crippen molar-refractivity contribution in [2.75, 3.05) is 7.11 Å². The number of methoxy groups -OCH3 is 1. The summed E-state index contributed by atoms with van der Waals surface area (Å²) in [5.74, 6) is 0.879. The van der Waals surface area contributed by atoms with Gasteiger partial charge in [-0.25, -0.2) is 0 Å². The number of rotatable bonds is 6. The second-order valence-electron chi connectivity index (χ2n) is 4.76. The van der Waals surface area contributed by atoms with E-state index < -0.39 is 0 Å². The molecule has 1 atom stereocenters. The molecule has 0 bridgehead atoms. The molecular formula is C15H22N2O. The minimum absolute atomic E-state index is 0.109. The number of nitrogens with two attached hydrogens (primary N) is 1. The Labute approximate surface area is 108 Å². The van der Waals surface area contributed by atoms with E-state index in [9.17, 15) is 0 Å². The summed E-state index contributed by atoms with van der Waals surface area (Å²) in [5.41, 5.74) is 8.59. The van der Waals surface area contributed by atoms with Crippen LogP contribution >= 0.6 is 0 Å². The standard InChI is InChI=1S/C15H22N2O/c1-3-4-5-6-14(16)13-10-17-15-8-7-11(18-2)9-12(13)15/h7-10,14,17H,3-6,16H2,1-2H3/t14-/m0/s1. The van der Waals surface area contributed by atoms with E-state index in [1.807, 2.05) is 18.3 Å². The van der Waals surface area contributed by atoms with Crippen molar-refractivity contribution in [3.8, 4) is 5.75 Å². The summed E-state index contributed by atoms with van der Waals surface area (Å²) in [6, 6.07) is 6.17. The molecule has 2 rings (SSSR count). The average molecular weight is 246 g/mol. The first kappa shape index (κ1) is 13.0. The van der Waals surface area contributed by atoms with Gasteiger partial charge in [-0.15, -0.1) is 0 Å². The largest absolute Gasteiger partial charge is 0.497 e. The topological polar surface area (TPSA) is 51.0 Å². The third-order valence-electron chi connectivity index (χ3n) is 3.44. The van der Waals surface area contributed by atoms with Gasteiger partial charge >= 0.3 is 0 Å². The van der Waals surface area contributed by atoms with Crippen LogP contribution in [-0.4, -0.2) is 12.1 Å². The zero-order chi connectivity index (χ0) is 13.0. The van der Waals surface area contributed by atoms with Crippen molar-refractivity contribution in [1.29, 1.82) is 0 Å². The summed E-state index contributed by atoms with van der Waals surface area (Å²) < 4.78 is 5.27. The van der Waals surface area contributed by atoms with Crippen LogP contribution in [0, 0.1) is 0 Å². The van der Waals surface area contributed by atoms with Gasteiger partial charge in [0.1, 0.15) is 5.75 Å². The highest BCUT2D eigenvalue weighted by Gasteiger charge is 2.12. The van der Waals surface area contributed by atoms with E-state index in [1.54, 1.807) is 7.11 Å².